The number of morpholine rings is 1. The number of carbonyl (C=O) groups is 3. The number of primary amides is 1. The summed E-state index contributed by atoms with van der Waals surface area (Å²) in [7, 11) is 0. The summed E-state index contributed by atoms with van der Waals surface area (Å²) in [5.41, 5.74) is 7.45. The summed E-state index contributed by atoms with van der Waals surface area (Å²) >= 11 is 0. The number of nitrogens with one attached hydrogen (secondary N) is 1. The maximum atomic E-state index is 11.7. The third-order valence-corrected chi connectivity index (χ3v) is 2.22. The molecule has 0 unspecified atom stereocenters. The summed E-state index contributed by atoms with van der Waals surface area (Å²) in [6, 6.07) is -0.668. The number of aliphatic carboxylic acids is 1. The van der Waals surface area contributed by atoms with Crippen molar-refractivity contribution < 1.29 is 24.2 Å². The topological polar surface area (TPSA) is 125 Å². The molecule has 102 valence electrons. The highest BCUT2D eigenvalue weighted by atomic mass is 16.5. The number of carbonyl (C=O) groups excluding carboxylic acids is 2. The van der Waals surface area contributed by atoms with Gasteiger partial charge in [0.25, 0.3) is 0 Å². The van der Waals surface area contributed by atoms with E-state index in [0.29, 0.717) is 26.3 Å². The average Bonchev–Trinajstić information content (AvgIpc) is 2.28. The molecule has 0 aliphatic carbocycles. The van der Waals surface area contributed by atoms with Gasteiger partial charge in [0.2, 0.25) is 5.91 Å². The van der Waals surface area contributed by atoms with Crippen molar-refractivity contribution in [2.24, 2.45) is 5.73 Å². The minimum Gasteiger partial charge on any atom is -0.480 e. The van der Waals surface area contributed by atoms with Crippen LogP contribution in [0.25, 0.3) is 0 Å². The van der Waals surface area contributed by atoms with Crippen LogP contribution in [0.4, 0.5) is 4.79 Å². The van der Waals surface area contributed by atoms with Crippen molar-refractivity contribution in [1.82, 2.24) is 15.3 Å². The Morgan fingerprint density at radius 2 is 1.89 bits per heavy atom. The molecule has 1 saturated heterocycles. The van der Waals surface area contributed by atoms with Crippen LogP contribution < -0.4 is 11.2 Å². The maximum Gasteiger partial charge on any atom is 0.332 e. The Hall–Kier alpha value is -1.87. The molecule has 4 N–H and O–H groups in total. The van der Waals surface area contributed by atoms with Crippen LogP contribution in [0.2, 0.25) is 0 Å². The zero-order valence-electron chi connectivity index (χ0n) is 9.79. The number of hydrogen-bond acceptors (Lipinski definition) is 5. The van der Waals surface area contributed by atoms with Crippen molar-refractivity contribution in [3.8, 4) is 0 Å². The number of urea groups is 1. The lowest BCUT2D eigenvalue weighted by Crippen LogP contribution is -2.55. The van der Waals surface area contributed by atoms with Crippen LogP contribution in [0.5, 0.6) is 0 Å². The first-order valence-electron chi connectivity index (χ1n) is 5.37. The highest BCUT2D eigenvalue weighted by Crippen LogP contribution is 1.95. The zero-order chi connectivity index (χ0) is 13.5. The molecule has 0 aromatic rings. The molecule has 3 amide bonds. The Kier molecular flexibility index (Phi) is 5.33. The summed E-state index contributed by atoms with van der Waals surface area (Å²) in [4.78, 5) is 33.9. The van der Waals surface area contributed by atoms with Gasteiger partial charge in [0.05, 0.1) is 13.2 Å². The molecule has 1 aliphatic heterocycles. The number of carboxylic acids is 1. The molecule has 9 nitrogen and oxygen atoms in total. The highest BCUT2D eigenvalue weighted by molar-refractivity contribution is 5.85. The fraction of sp³-hybridized carbons (Fsp3) is 0.667. The molecule has 0 aromatic heterocycles. The van der Waals surface area contributed by atoms with Gasteiger partial charge in [-0.05, 0) is 0 Å². The van der Waals surface area contributed by atoms with Crippen molar-refractivity contribution in [3.63, 3.8) is 0 Å². The second-order valence-electron chi connectivity index (χ2n) is 3.73. The lowest BCUT2D eigenvalue weighted by Gasteiger charge is -2.29. The molecule has 18 heavy (non-hydrogen) atoms. The van der Waals surface area contributed by atoms with E-state index in [4.69, 9.17) is 15.6 Å². The number of nitrogens with two attached hydrogens (primary N) is 1. The number of carboxylic acid groups (broad SMARTS) is 1. The van der Waals surface area contributed by atoms with Gasteiger partial charge in [-0.1, -0.05) is 0 Å². The number of rotatable bonds is 5. The molecule has 9 heteroatoms. The van der Waals surface area contributed by atoms with Gasteiger partial charge in [0.1, 0.15) is 13.1 Å². The molecule has 1 heterocycles. The van der Waals surface area contributed by atoms with Crippen LogP contribution in [0.1, 0.15) is 0 Å². The van der Waals surface area contributed by atoms with Crippen LogP contribution in [-0.4, -0.2) is 72.3 Å². The number of ether oxygens (including phenoxy) is 1. The van der Waals surface area contributed by atoms with E-state index in [0.717, 1.165) is 4.90 Å². The van der Waals surface area contributed by atoms with E-state index in [9.17, 15) is 14.4 Å². The largest absolute Gasteiger partial charge is 0.480 e. The van der Waals surface area contributed by atoms with Gasteiger partial charge in [0.15, 0.2) is 0 Å². The van der Waals surface area contributed by atoms with Crippen LogP contribution in [-0.2, 0) is 14.3 Å². The van der Waals surface area contributed by atoms with E-state index in [1.54, 1.807) is 5.01 Å². The molecule has 0 radical (unpaired) electrons. The molecule has 0 aromatic carbocycles. The molecule has 0 atom stereocenters. The van der Waals surface area contributed by atoms with Crippen molar-refractivity contribution in [3.05, 3.63) is 0 Å². The number of hydrogen-bond donors (Lipinski definition) is 3. The highest BCUT2D eigenvalue weighted by Gasteiger charge is 2.21. The van der Waals surface area contributed by atoms with E-state index < -0.39 is 31.0 Å². The van der Waals surface area contributed by atoms with Gasteiger partial charge in [-0.15, -0.1) is 0 Å². The molecule has 1 rings (SSSR count). The maximum absolute atomic E-state index is 11.7. The van der Waals surface area contributed by atoms with E-state index in [-0.39, 0.29) is 0 Å². The van der Waals surface area contributed by atoms with Crippen molar-refractivity contribution in [2.75, 3.05) is 39.4 Å². The molecule has 0 saturated carbocycles. The minimum atomic E-state index is -1.21. The monoisotopic (exact) mass is 260 g/mol. The van der Waals surface area contributed by atoms with E-state index in [1.165, 1.54) is 0 Å². The Balaban J connectivity index is 2.51. The third kappa shape index (κ3) is 4.97. The fourth-order valence-electron chi connectivity index (χ4n) is 1.43. The Morgan fingerprint density at radius 1 is 1.28 bits per heavy atom. The van der Waals surface area contributed by atoms with Crippen LogP contribution >= 0.6 is 0 Å². The predicted molar refractivity (Wildman–Crippen MR) is 59.3 cm³/mol. The van der Waals surface area contributed by atoms with Crippen LogP contribution in [0, 0.1) is 0 Å². The van der Waals surface area contributed by atoms with Gasteiger partial charge >= 0.3 is 12.0 Å². The van der Waals surface area contributed by atoms with Gasteiger partial charge in [-0.2, -0.15) is 0 Å². The molecule has 0 spiro atoms. The van der Waals surface area contributed by atoms with E-state index in [1.807, 2.05) is 0 Å². The average molecular weight is 260 g/mol. The smallest absolute Gasteiger partial charge is 0.332 e. The van der Waals surface area contributed by atoms with Gasteiger partial charge in [0, 0.05) is 13.1 Å². The first kappa shape index (κ1) is 14.2. The third-order valence-electron chi connectivity index (χ3n) is 2.22. The summed E-state index contributed by atoms with van der Waals surface area (Å²) in [5.74, 6) is -1.98. The zero-order valence-corrected chi connectivity index (χ0v) is 9.79. The van der Waals surface area contributed by atoms with Crippen molar-refractivity contribution in [2.45, 2.75) is 0 Å². The lowest BCUT2D eigenvalue weighted by atomic mass is 10.4. The minimum absolute atomic E-state index is 0.442. The normalized spacial score (nSPS) is 16.0. The van der Waals surface area contributed by atoms with Crippen LogP contribution in [0.15, 0.2) is 0 Å². The summed E-state index contributed by atoms with van der Waals surface area (Å²) in [6.45, 7) is 0.943. The van der Waals surface area contributed by atoms with E-state index in [2.05, 4.69) is 5.43 Å². The van der Waals surface area contributed by atoms with Crippen molar-refractivity contribution in [1.29, 1.82) is 0 Å². The Labute approximate surface area is 103 Å². The molecule has 0 bridgehead atoms. The fourth-order valence-corrected chi connectivity index (χ4v) is 1.43. The van der Waals surface area contributed by atoms with Crippen LogP contribution in [0.3, 0.4) is 0 Å². The Morgan fingerprint density at radius 3 is 2.39 bits per heavy atom. The summed E-state index contributed by atoms with van der Waals surface area (Å²) < 4.78 is 5.10. The lowest BCUT2D eigenvalue weighted by molar-refractivity contribution is -0.137. The first-order valence-corrected chi connectivity index (χ1v) is 5.37. The number of nitrogens with zero attached hydrogens (tertiary/aromatic N) is 2. The summed E-state index contributed by atoms with van der Waals surface area (Å²) in [6.07, 6.45) is 0. The standard InChI is InChI=1S/C9H16N4O5/c10-7(14)5-12(6-8(15)16)9(17)11-13-1-3-18-4-2-13/h1-6H2,(H2,10,14)(H,11,17)(H,15,16). The summed E-state index contributed by atoms with van der Waals surface area (Å²) in [5, 5.41) is 10.2. The molecular weight excluding hydrogens is 244 g/mol. The first-order chi connectivity index (χ1) is 8.49. The molecule has 1 aliphatic rings. The van der Waals surface area contributed by atoms with E-state index >= 15 is 0 Å². The van der Waals surface area contributed by atoms with Gasteiger partial charge in [-0.3, -0.25) is 15.0 Å². The number of hydrazine groups is 1. The molecular formula is C9H16N4O5. The quantitative estimate of drug-likeness (QED) is 0.516. The second-order valence-corrected chi connectivity index (χ2v) is 3.73. The second kappa shape index (κ2) is 6.77. The van der Waals surface area contributed by atoms with Gasteiger partial charge in [-0.25, -0.2) is 9.80 Å². The predicted octanol–water partition coefficient (Wildman–Crippen LogP) is -2.18. The van der Waals surface area contributed by atoms with Gasteiger partial charge < -0.3 is 20.5 Å². The number of amides is 3. The van der Waals surface area contributed by atoms with Crippen molar-refractivity contribution >= 4 is 17.9 Å². The SMILES string of the molecule is NC(=O)CN(CC(=O)O)C(=O)NN1CCOCC1. The Bertz CT molecular complexity index is 313. The molecule has 1 fully saturated rings.